The van der Waals surface area contributed by atoms with Gasteiger partial charge in [0.05, 0.1) is 6.42 Å². The molecule has 0 aliphatic carbocycles. The van der Waals surface area contributed by atoms with Gasteiger partial charge >= 0.3 is 0 Å². The number of hydrogen-bond donors (Lipinski definition) is 2. The van der Waals surface area contributed by atoms with E-state index in [0.29, 0.717) is 12.8 Å². The molecule has 2 aliphatic rings. The highest BCUT2D eigenvalue weighted by atomic mass is 16.2. The van der Waals surface area contributed by atoms with Crippen molar-refractivity contribution in [2.24, 2.45) is 5.73 Å². The molecule has 2 atom stereocenters. The number of piperidine rings is 1. The molecule has 2 amide bonds. The Morgan fingerprint density at radius 3 is 3.04 bits per heavy atom. The van der Waals surface area contributed by atoms with E-state index in [9.17, 15) is 9.59 Å². The predicted molar refractivity (Wildman–Crippen MR) is 94.7 cm³/mol. The molecule has 24 heavy (non-hydrogen) atoms. The third-order valence-corrected chi connectivity index (χ3v) is 5.13. The van der Waals surface area contributed by atoms with Crippen molar-refractivity contribution in [1.82, 2.24) is 4.90 Å². The van der Waals surface area contributed by atoms with Gasteiger partial charge in [0, 0.05) is 30.7 Å². The summed E-state index contributed by atoms with van der Waals surface area (Å²) in [5.74, 6) is 0.291. The van der Waals surface area contributed by atoms with E-state index in [0.717, 1.165) is 49.9 Å². The van der Waals surface area contributed by atoms with Crippen molar-refractivity contribution in [1.29, 1.82) is 0 Å². The number of carbonyl (C=O) groups excluding carboxylic acids is 2. The molecule has 1 saturated heterocycles. The quantitative estimate of drug-likeness (QED) is 0.870. The number of benzene rings is 1. The van der Waals surface area contributed by atoms with Gasteiger partial charge in [0.15, 0.2) is 0 Å². The van der Waals surface area contributed by atoms with Crippen LogP contribution in [0.3, 0.4) is 0 Å². The van der Waals surface area contributed by atoms with E-state index in [-0.39, 0.29) is 23.9 Å². The number of nitrogens with two attached hydrogens (primary N) is 1. The highest BCUT2D eigenvalue weighted by Crippen LogP contribution is 2.25. The van der Waals surface area contributed by atoms with E-state index in [1.165, 1.54) is 5.56 Å². The van der Waals surface area contributed by atoms with Crippen molar-refractivity contribution in [3.05, 3.63) is 29.3 Å². The second-order valence-corrected chi connectivity index (χ2v) is 7.08. The minimum atomic E-state index is 0.0380. The largest absolute Gasteiger partial charge is 0.338 e. The first-order chi connectivity index (χ1) is 11.5. The molecule has 2 aliphatic heterocycles. The van der Waals surface area contributed by atoms with Crippen LogP contribution in [0.25, 0.3) is 0 Å². The number of rotatable bonds is 5. The van der Waals surface area contributed by atoms with Crippen LogP contribution in [0.5, 0.6) is 0 Å². The first-order valence-electron chi connectivity index (χ1n) is 9.01. The van der Waals surface area contributed by atoms with Gasteiger partial charge in [0.25, 0.3) is 0 Å². The zero-order valence-electron chi connectivity index (χ0n) is 14.4. The van der Waals surface area contributed by atoms with Crippen molar-refractivity contribution in [2.75, 3.05) is 11.9 Å². The summed E-state index contributed by atoms with van der Waals surface area (Å²) >= 11 is 0. The highest BCUT2D eigenvalue weighted by molar-refractivity contribution is 5.99. The van der Waals surface area contributed by atoms with Crippen molar-refractivity contribution < 1.29 is 9.59 Å². The van der Waals surface area contributed by atoms with Crippen molar-refractivity contribution in [2.45, 2.75) is 64.0 Å². The number of likely N-dealkylation sites (tertiary alicyclic amines) is 1. The Kier molecular flexibility index (Phi) is 5.19. The molecule has 0 aromatic heterocycles. The number of nitrogens with one attached hydrogen (secondary N) is 1. The van der Waals surface area contributed by atoms with Gasteiger partial charge in [0.2, 0.25) is 11.8 Å². The Bertz CT molecular complexity index is 627. The van der Waals surface area contributed by atoms with Gasteiger partial charge in [-0.3, -0.25) is 9.59 Å². The minimum absolute atomic E-state index is 0.0380. The first-order valence-corrected chi connectivity index (χ1v) is 9.01. The smallest absolute Gasteiger partial charge is 0.228 e. The summed E-state index contributed by atoms with van der Waals surface area (Å²) in [6, 6.07) is 6.33. The van der Waals surface area contributed by atoms with E-state index in [4.69, 9.17) is 5.73 Å². The molecule has 2 unspecified atom stereocenters. The monoisotopic (exact) mass is 329 g/mol. The fourth-order valence-corrected chi connectivity index (χ4v) is 3.84. The van der Waals surface area contributed by atoms with Crippen LogP contribution in [0.15, 0.2) is 18.2 Å². The van der Waals surface area contributed by atoms with Gasteiger partial charge < -0.3 is 16.0 Å². The van der Waals surface area contributed by atoms with Gasteiger partial charge in [0.1, 0.15) is 0 Å². The fraction of sp³-hybridized carbons (Fsp3) is 0.579. The second kappa shape index (κ2) is 7.34. The standard InChI is InChI=1S/C19H27N3O2/c1-13(20)17-6-2-3-10-22(17)19(24)7-4-5-14-8-9-16-15(11-14)12-18(23)21-16/h8-9,11,13,17H,2-7,10,12,20H2,1H3,(H,21,23). The van der Waals surface area contributed by atoms with Crippen LogP contribution in [0.4, 0.5) is 5.69 Å². The number of nitrogens with zero attached hydrogens (tertiary/aromatic N) is 1. The van der Waals surface area contributed by atoms with E-state index in [2.05, 4.69) is 11.4 Å². The van der Waals surface area contributed by atoms with Gasteiger partial charge in [-0.1, -0.05) is 12.1 Å². The molecule has 5 heteroatoms. The predicted octanol–water partition coefficient (Wildman–Crippen LogP) is 2.23. The van der Waals surface area contributed by atoms with Crippen molar-refractivity contribution in [3.8, 4) is 0 Å². The van der Waals surface area contributed by atoms with Crippen molar-refractivity contribution >= 4 is 17.5 Å². The van der Waals surface area contributed by atoms with Gasteiger partial charge in [-0.2, -0.15) is 0 Å². The van der Waals surface area contributed by atoms with Gasteiger partial charge in [-0.05, 0) is 56.2 Å². The maximum Gasteiger partial charge on any atom is 0.228 e. The van der Waals surface area contributed by atoms with Crippen LogP contribution in [0.2, 0.25) is 0 Å². The molecular formula is C19H27N3O2. The Hall–Kier alpha value is -1.88. The summed E-state index contributed by atoms with van der Waals surface area (Å²) in [5.41, 5.74) is 9.24. The first kappa shape index (κ1) is 17.0. The molecule has 3 rings (SSSR count). The lowest BCUT2D eigenvalue weighted by atomic mass is 9.96. The van der Waals surface area contributed by atoms with Crippen LogP contribution in [-0.2, 0) is 22.4 Å². The zero-order valence-corrected chi connectivity index (χ0v) is 14.4. The van der Waals surface area contributed by atoms with Crippen LogP contribution in [0, 0.1) is 0 Å². The summed E-state index contributed by atoms with van der Waals surface area (Å²) in [5, 5.41) is 2.85. The molecule has 0 spiro atoms. The molecule has 1 aromatic carbocycles. The third-order valence-electron chi connectivity index (χ3n) is 5.13. The number of aryl methyl sites for hydroxylation is 1. The summed E-state index contributed by atoms with van der Waals surface area (Å²) in [6.45, 7) is 2.84. The maximum absolute atomic E-state index is 12.5. The van der Waals surface area contributed by atoms with E-state index < -0.39 is 0 Å². The molecular weight excluding hydrogens is 302 g/mol. The van der Waals surface area contributed by atoms with Gasteiger partial charge in [-0.25, -0.2) is 0 Å². The molecule has 0 bridgehead atoms. The number of fused-ring (bicyclic) bond motifs is 1. The average Bonchev–Trinajstić information content (AvgIpc) is 2.94. The van der Waals surface area contributed by atoms with Crippen LogP contribution >= 0.6 is 0 Å². The maximum atomic E-state index is 12.5. The second-order valence-electron chi connectivity index (χ2n) is 7.08. The summed E-state index contributed by atoms with van der Waals surface area (Å²) in [7, 11) is 0. The topological polar surface area (TPSA) is 75.4 Å². The Labute approximate surface area is 143 Å². The highest BCUT2D eigenvalue weighted by Gasteiger charge is 2.28. The normalized spacial score (nSPS) is 21.3. The molecule has 2 heterocycles. The molecule has 1 aromatic rings. The minimum Gasteiger partial charge on any atom is -0.338 e. The molecule has 5 nitrogen and oxygen atoms in total. The fourth-order valence-electron chi connectivity index (χ4n) is 3.84. The van der Waals surface area contributed by atoms with E-state index in [1.807, 2.05) is 24.0 Å². The lowest BCUT2D eigenvalue weighted by Gasteiger charge is -2.38. The number of anilines is 1. The third kappa shape index (κ3) is 3.78. The summed E-state index contributed by atoms with van der Waals surface area (Å²) in [6.07, 6.45) is 6.00. The summed E-state index contributed by atoms with van der Waals surface area (Å²) in [4.78, 5) is 26.0. The molecule has 0 saturated carbocycles. The average molecular weight is 329 g/mol. The SMILES string of the molecule is CC(N)C1CCCCN1C(=O)CCCc1ccc2c(c1)CC(=O)N2. The van der Waals surface area contributed by atoms with Crippen LogP contribution in [0.1, 0.15) is 50.2 Å². The Balaban J connectivity index is 1.52. The molecule has 0 radical (unpaired) electrons. The lowest BCUT2D eigenvalue weighted by molar-refractivity contribution is -0.135. The molecule has 1 fully saturated rings. The van der Waals surface area contributed by atoms with E-state index in [1.54, 1.807) is 0 Å². The lowest BCUT2D eigenvalue weighted by Crippen LogP contribution is -2.51. The van der Waals surface area contributed by atoms with Gasteiger partial charge in [-0.15, -0.1) is 0 Å². The zero-order chi connectivity index (χ0) is 17.1. The molecule has 130 valence electrons. The molecule has 3 N–H and O–H groups in total. The Morgan fingerprint density at radius 2 is 2.25 bits per heavy atom. The summed E-state index contributed by atoms with van der Waals surface area (Å²) < 4.78 is 0. The number of amides is 2. The van der Waals surface area contributed by atoms with Crippen LogP contribution < -0.4 is 11.1 Å². The Morgan fingerprint density at radius 1 is 1.42 bits per heavy atom. The number of carbonyl (C=O) groups is 2. The number of hydrogen-bond acceptors (Lipinski definition) is 3. The van der Waals surface area contributed by atoms with Crippen LogP contribution in [-0.4, -0.2) is 35.3 Å². The van der Waals surface area contributed by atoms with E-state index >= 15 is 0 Å². The van der Waals surface area contributed by atoms with Crippen molar-refractivity contribution in [3.63, 3.8) is 0 Å².